The van der Waals surface area contributed by atoms with Crippen LogP contribution in [0.1, 0.15) is 26.2 Å². The molecule has 0 radical (unpaired) electrons. The van der Waals surface area contributed by atoms with Crippen molar-refractivity contribution in [1.29, 1.82) is 0 Å². The molecule has 82 valence electrons. The molecule has 0 aromatic carbocycles. The first kappa shape index (κ1) is 10.3. The second-order valence-corrected chi connectivity index (χ2v) is 4.11. The van der Waals surface area contributed by atoms with Crippen LogP contribution in [0.3, 0.4) is 0 Å². The van der Waals surface area contributed by atoms with Crippen LogP contribution in [-0.2, 0) is 9.47 Å². The molecule has 0 bridgehead atoms. The lowest BCUT2D eigenvalue weighted by Crippen LogP contribution is -2.45. The first-order chi connectivity index (χ1) is 6.66. The molecule has 0 amide bonds. The highest BCUT2D eigenvalue weighted by Gasteiger charge is 2.38. The van der Waals surface area contributed by atoms with E-state index in [0.29, 0.717) is 12.8 Å². The van der Waals surface area contributed by atoms with Gasteiger partial charge in [0.05, 0.1) is 31.0 Å². The number of nitrogens with zero attached hydrogens (tertiary/aromatic N) is 1. The van der Waals surface area contributed by atoms with Gasteiger partial charge in [-0.25, -0.2) is 0 Å². The molecule has 0 aromatic rings. The molecule has 0 saturated carbocycles. The normalized spacial score (nSPS) is 42.9. The van der Waals surface area contributed by atoms with Crippen molar-refractivity contribution in [3.8, 4) is 0 Å². The van der Waals surface area contributed by atoms with Crippen LogP contribution in [0.15, 0.2) is 0 Å². The molecule has 2 rings (SSSR count). The molecule has 4 nitrogen and oxygen atoms in total. The standard InChI is InChI=1S/C9H16FNO3/c1-6-2-3-8(11(10)12)9(14-6)4-7-5-13-7/h6-9,12H,2-5H2,1H3. The number of rotatable bonds is 3. The monoisotopic (exact) mass is 205 g/mol. The van der Waals surface area contributed by atoms with Crippen molar-refractivity contribution in [2.24, 2.45) is 0 Å². The molecule has 2 aliphatic heterocycles. The van der Waals surface area contributed by atoms with Crippen molar-refractivity contribution >= 4 is 0 Å². The summed E-state index contributed by atoms with van der Waals surface area (Å²) >= 11 is 0. The minimum Gasteiger partial charge on any atom is -0.373 e. The Balaban J connectivity index is 1.91. The van der Waals surface area contributed by atoms with Gasteiger partial charge in [0.25, 0.3) is 0 Å². The lowest BCUT2D eigenvalue weighted by molar-refractivity contribution is -0.297. The predicted octanol–water partition coefficient (Wildman–Crippen LogP) is 1.29. The molecule has 2 saturated heterocycles. The maximum Gasteiger partial charge on any atom is 0.0940 e. The van der Waals surface area contributed by atoms with E-state index in [1.165, 1.54) is 0 Å². The van der Waals surface area contributed by atoms with Crippen LogP contribution in [0, 0.1) is 0 Å². The second-order valence-electron chi connectivity index (χ2n) is 4.11. The third-order valence-corrected chi connectivity index (χ3v) is 2.88. The highest BCUT2D eigenvalue weighted by atomic mass is 19.2. The van der Waals surface area contributed by atoms with E-state index in [1.54, 1.807) is 0 Å². The van der Waals surface area contributed by atoms with Crippen molar-refractivity contribution in [2.45, 2.75) is 50.5 Å². The average molecular weight is 205 g/mol. The minimum atomic E-state index is -0.532. The topological polar surface area (TPSA) is 45.2 Å². The van der Waals surface area contributed by atoms with Gasteiger partial charge in [0.1, 0.15) is 0 Å². The Morgan fingerprint density at radius 3 is 2.79 bits per heavy atom. The summed E-state index contributed by atoms with van der Waals surface area (Å²) in [5.41, 5.74) is 0. The zero-order chi connectivity index (χ0) is 10.1. The molecule has 4 atom stereocenters. The van der Waals surface area contributed by atoms with Crippen LogP contribution in [0.5, 0.6) is 0 Å². The highest BCUT2D eigenvalue weighted by Crippen LogP contribution is 2.29. The Kier molecular flexibility index (Phi) is 3.02. The molecule has 2 heterocycles. The van der Waals surface area contributed by atoms with Crippen molar-refractivity contribution in [3.63, 3.8) is 0 Å². The maximum absolute atomic E-state index is 12.7. The number of epoxide rings is 1. The summed E-state index contributed by atoms with van der Waals surface area (Å²) in [6.45, 7) is 2.70. The van der Waals surface area contributed by atoms with Crippen LogP contribution < -0.4 is 0 Å². The van der Waals surface area contributed by atoms with E-state index in [2.05, 4.69) is 0 Å². The van der Waals surface area contributed by atoms with Crippen LogP contribution in [0.4, 0.5) is 4.48 Å². The summed E-state index contributed by atoms with van der Waals surface area (Å²) in [6, 6.07) is -0.532. The van der Waals surface area contributed by atoms with E-state index >= 15 is 0 Å². The molecule has 4 unspecified atom stereocenters. The van der Waals surface area contributed by atoms with Gasteiger partial charge in [-0.2, -0.15) is 0 Å². The van der Waals surface area contributed by atoms with Crippen molar-refractivity contribution in [2.75, 3.05) is 6.61 Å². The Labute approximate surface area is 82.5 Å². The summed E-state index contributed by atoms with van der Waals surface area (Å²) in [4.78, 5) is 0. The first-order valence-electron chi connectivity index (χ1n) is 5.07. The molecule has 0 spiro atoms. The summed E-state index contributed by atoms with van der Waals surface area (Å²) in [7, 11) is 0. The molecule has 0 aliphatic carbocycles. The van der Waals surface area contributed by atoms with Crippen LogP contribution >= 0.6 is 0 Å². The van der Waals surface area contributed by atoms with E-state index in [9.17, 15) is 4.48 Å². The van der Waals surface area contributed by atoms with Gasteiger partial charge in [-0.05, 0) is 25.1 Å². The average Bonchev–Trinajstić information content (AvgIpc) is 2.87. The summed E-state index contributed by atoms with van der Waals surface area (Å²) < 4.78 is 23.4. The molecule has 1 N–H and O–H groups in total. The summed E-state index contributed by atoms with van der Waals surface area (Å²) in [6.07, 6.45) is 2.19. The van der Waals surface area contributed by atoms with Crippen molar-refractivity contribution in [1.82, 2.24) is 5.29 Å². The van der Waals surface area contributed by atoms with Gasteiger partial charge < -0.3 is 9.47 Å². The molecular weight excluding hydrogens is 189 g/mol. The van der Waals surface area contributed by atoms with Crippen molar-refractivity contribution in [3.05, 3.63) is 0 Å². The Morgan fingerprint density at radius 2 is 2.21 bits per heavy atom. The molecule has 5 heteroatoms. The molecule has 2 fully saturated rings. The predicted molar refractivity (Wildman–Crippen MR) is 46.4 cm³/mol. The fraction of sp³-hybridized carbons (Fsp3) is 1.00. The van der Waals surface area contributed by atoms with Gasteiger partial charge >= 0.3 is 0 Å². The van der Waals surface area contributed by atoms with Gasteiger partial charge in [-0.15, -0.1) is 4.48 Å². The Bertz CT molecular complexity index is 196. The van der Waals surface area contributed by atoms with E-state index in [1.807, 2.05) is 6.92 Å². The number of hydrogen-bond donors (Lipinski definition) is 1. The quantitative estimate of drug-likeness (QED) is 0.428. The third kappa shape index (κ3) is 2.42. The zero-order valence-electron chi connectivity index (χ0n) is 8.23. The molecule has 14 heavy (non-hydrogen) atoms. The minimum absolute atomic E-state index is 0.148. The molecular formula is C9H16FNO3. The van der Waals surface area contributed by atoms with Gasteiger partial charge in [-0.1, -0.05) is 0 Å². The first-order valence-corrected chi connectivity index (χ1v) is 5.07. The Hall–Kier alpha value is -0.230. The largest absolute Gasteiger partial charge is 0.373 e. The van der Waals surface area contributed by atoms with E-state index < -0.39 is 6.04 Å². The smallest absolute Gasteiger partial charge is 0.0940 e. The van der Waals surface area contributed by atoms with Gasteiger partial charge in [0, 0.05) is 6.42 Å². The number of halogens is 1. The molecule has 2 aliphatic rings. The maximum atomic E-state index is 12.7. The third-order valence-electron chi connectivity index (χ3n) is 2.88. The van der Waals surface area contributed by atoms with E-state index in [-0.39, 0.29) is 23.6 Å². The van der Waals surface area contributed by atoms with Crippen LogP contribution in [-0.4, -0.2) is 41.5 Å². The number of hydrogen-bond acceptors (Lipinski definition) is 4. The van der Waals surface area contributed by atoms with Crippen molar-refractivity contribution < 1.29 is 19.2 Å². The Morgan fingerprint density at radius 1 is 1.50 bits per heavy atom. The van der Waals surface area contributed by atoms with Crippen LogP contribution in [0.25, 0.3) is 0 Å². The number of ether oxygens (including phenoxy) is 2. The van der Waals surface area contributed by atoms with Gasteiger partial charge in [0.2, 0.25) is 0 Å². The SMILES string of the molecule is CC1CCC(N(O)F)C(CC2CO2)O1. The van der Waals surface area contributed by atoms with E-state index in [0.717, 1.165) is 13.0 Å². The second kappa shape index (κ2) is 4.10. The summed E-state index contributed by atoms with van der Waals surface area (Å²) in [5.74, 6) is 0. The lowest BCUT2D eigenvalue weighted by atomic mass is 9.96. The van der Waals surface area contributed by atoms with Gasteiger partial charge in [0.15, 0.2) is 0 Å². The fourth-order valence-corrected chi connectivity index (χ4v) is 1.97. The highest BCUT2D eigenvalue weighted by molar-refractivity contribution is 4.85. The molecule has 0 aromatic heterocycles. The summed E-state index contributed by atoms with van der Waals surface area (Å²) in [5, 5.41) is 8.60. The lowest BCUT2D eigenvalue weighted by Gasteiger charge is -2.35. The van der Waals surface area contributed by atoms with E-state index in [4.69, 9.17) is 14.7 Å². The zero-order valence-corrected chi connectivity index (χ0v) is 8.23. The fourth-order valence-electron chi connectivity index (χ4n) is 1.97. The van der Waals surface area contributed by atoms with Crippen LogP contribution in [0.2, 0.25) is 0 Å². The van der Waals surface area contributed by atoms with Gasteiger partial charge in [-0.3, -0.25) is 5.21 Å². The number of hydroxylamine groups is 1.